The highest BCUT2D eigenvalue weighted by molar-refractivity contribution is 7.27. The maximum atomic E-state index is 6.46. The van der Waals surface area contributed by atoms with E-state index in [2.05, 4.69) is 157 Å². The first-order valence-corrected chi connectivity index (χ1v) is 16.3. The third kappa shape index (κ3) is 4.29. The average Bonchev–Trinajstić information content (AvgIpc) is 3.49. The van der Waals surface area contributed by atoms with Crippen molar-refractivity contribution in [3.05, 3.63) is 163 Å². The van der Waals surface area contributed by atoms with Gasteiger partial charge in [-0.3, -0.25) is 0 Å². The predicted octanol–water partition coefficient (Wildman–Crippen LogP) is 13.3. The molecule has 1 heterocycles. The molecule has 0 aliphatic carbocycles. The minimum Gasteiger partial charge on any atom is -0.310 e. The number of hydrogen-bond donors (Lipinski definition) is 0. The van der Waals surface area contributed by atoms with Crippen LogP contribution < -0.4 is 4.90 Å². The Kier molecular flexibility index (Phi) is 6.12. The minimum atomic E-state index is 0.769. The second kappa shape index (κ2) is 10.5. The summed E-state index contributed by atoms with van der Waals surface area (Å²) in [6.07, 6.45) is 0. The first-order valence-electron chi connectivity index (χ1n) is 15.1. The molecule has 0 fully saturated rings. The molecule has 1 aromatic heterocycles. The molecule has 0 aliphatic rings. The molecule has 0 unspecified atom stereocenters. The summed E-state index contributed by atoms with van der Waals surface area (Å²) in [5.74, 6) is 0. The van der Waals surface area contributed by atoms with Crippen molar-refractivity contribution < 1.29 is 0 Å². The van der Waals surface area contributed by atoms with Crippen molar-refractivity contribution in [1.29, 1.82) is 0 Å². The van der Waals surface area contributed by atoms with E-state index in [1.54, 1.807) is 0 Å². The van der Waals surface area contributed by atoms with Crippen molar-refractivity contribution >= 4 is 92.5 Å². The van der Waals surface area contributed by atoms with Crippen LogP contribution in [-0.2, 0) is 0 Å². The molecule has 0 bridgehead atoms. The Morgan fingerprint density at radius 1 is 0.444 bits per heavy atom. The summed E-state index contributed by atoms with van der Waals surface area (Å²) in [7, 11) is 0. The smallest absolute Gasteiger partial charge is 0.0540 e. The molecule has 0 atom stereocenters. The molecule has 8 aromatic carbocycles. The van der Waals surface area contributed by atoms with E-state index in [1.165, 1.54) is 69.3 Å². The third-order valence-corrected chi connectivity index (χ3v) is 10.3. The number of para-hydroxylation sites is 1. The largest absolute Gasteiger partial charge is 0.310 e. The van der Waals surface area contributed by atoms with Crippen LogP contribution in [0.2, 0.25) is 5.02 Å². The van der Waals surface area contributed by atoms with Crippen molar-refractivity contribution in [3.8, 4) is 11.1 Å². The summed E-state index contributed by atoms with van der Waals surface area (Å²) >= 11 is 8.34. The van der Waals surface area contributed by atoms with Crippen LogP contribution in [0.1, 0.15) is 0 Å². The topological polar surface area (TPSA) is 3.24 Å². The van der Waals surface area contributed by atoms with Gasteiger partial charge in [-0.05, 0) is 81.2 Å². The molecular formula is C42H26ClNS. The molecule has 3 heteroatoms. The fourth-order valence-electron chi connectivity index (χ4n) is 6.82. The van der Waals surface area contributed by atoms with Crippen molar-refractivity contribution in [1.82, 2.24) is 0 Å². The summed E-state index contributed by atoms with van der Waals surface area (Å²) in [5, 5.41) is 10.8. The van der Waals surface area contributed by atoms with Gasteiger partial charge in [0.15, 0.2) is 0 Å². The number of nitrogens with zero attached hydrogens (tertiary/aromatic N) is 1. The van der Waals surface area contributed by atoms with E-state index >= 15 is 0 Å². The zero-order chi connectivity index (χ0) is 29.9. The van der Waals surface area contributed by atoms with Crippen LogP contribution in [0.4, 0.5) is 17.1 Å². The lowest BCUT2D eigenvalue weighted by Crippen LogP contribution is -2.10. The van der Waals surface area contributed by atoms with E-state index in [1.807, 2.05) is 17.4 Å². The number of anilines is 3. The first kappa shape index (κ1) is 26.3. The zero-order valence-electron chi connectivity index (χ0n) is 24.2. The third-order valence-electron chi connectivity index (χ3n) is 8.88. The van der Waals surface area contributed by atoms with Crippen molar-refractivity contribution in [2.45, 2.75) is 0 Å². The number of benzene rings is 8. The number of halogens is 1. The van der Waals surface area contributed by atoms with Crippen LogP contribution in [0.3, 0.4) is 0 Å². The Balaban J connectivity index is 1.18. The SMILES string of the molecule is Clc1ccc2c(c1)c1ccccc1c1c3ccc(-c4ccc(N(c5ccccc5)c5cccc6ccccc56)cc4)cc3sc21. The van der Waals surface area contributed by atoms with Crippen molar-refractivity contribution in [3.63, 3.8) is 0 Å². The van der Waals surface area contributed by atoms with Gasteiger partial charge in [-0.2, -0.15) is 0 Å². The van der Waals surface area contributed by atoms with Crippen LogP contribution in [-0.4, -0.2) is 0 Å². The fourth-order valence-corrected chi connectivity index (χ4v) is 8.28. The fraction of sp³-hybridized carbons (Fsp3) is 0. The van der Waals surface area contributed by atoms with Gasteiger partial charge in [0.2, 0.25) is 0 Å². The van der Waals surface area contributed by atoms with Crippen LogP contribution >= 0.6 is 22.9 Å². The van der Waals surface area contributed by atoms with Gasteiger partial charge in [0.25, 0.3) is 0 Å². The van der Waals surface area contributed by atoms with Crippen molar-refractivity contribution in [2.24, 2.45) is 0 Å². The summed E-state index contributed by atoms with van der Waals surface area (Å²) in [6.45, 7) is 0. The Morgan fingerprint density at radius 3 is 1.96 bits per heavy atom. The minimum absolute atomic E-state index is 0.769. The van der Waals surface area contributed by atoms with Gasteiger partial charge in [0.05, 0.1) is 5.69 Å². The summed E-state index contributed by atoms with van der Waals surface area (Å²) in [6, 6.07) is 56.6. The molecule has 0 saturated carbocycles. The first-order chi connectivity index (χ1) is 22.2. The number of fused-ring (bicyclic) bond motifs is 9. The molecule has 0 saturated heterocycles. The molecule has 0 N–H and O–H groups in total. The van der Waals surface area contributed by atoms with Gasteiger partial charge >= 0.3 is 0 Å². The molecule has 1 nitrogen and oxygen atoms in total. The second-order valence-corrected chi connectivity index (χ2v) is 13.0. The van der Waals surface area contributed by atoms with E-state index in [4.69, 9.17) is 11.6 Å². The molecule has 9 rings (SSSR count). The molecule has 0 aliphatic heterocycles. The van der Waals surface area contributed by atoms with Gasteiger partial charge < -0.3 is 4.90 Å². The predicted molar refractivity (Wildman–Crippen MR) is 197 cm³/mol. The Bertz CT molecular complexity index is 2540. The highest BCUT2D eigenvalue weighted by Gasteiger charge is 2.17. The normalized spacial score (nSPS) is 11.7. The molecule has 212 valence electrons. The lowest BCUT2D eigenvalue weighted by Gasteiger charge is -2.27. The lowest BCUT2D eigenvalue weighted by molar-refractivity contribution is 1.30. The highest BCUT2D eigenvalue weighted by atomic mass is 35.5. The summed E-state index contributed by atoms with van der Waals surface area (Å²) < 4.78 is 2.61. The quantitative estimate of drug-likeness (QED) is 0.179. The van der Waals surface area contributed by atoms with Crippen molar-refractivity contribution in [2.75, 3.05) is 4.90 Å². The summed E-state index contributed by atoms with van der Waals surface area (Å²) in [5.41, 5.74) is 5.84. The average molecular weight is 612 g/mol. The maximum Gasteiger partial charge on any atom is 0.0540 e. The highest BCUT2D eigenvalue weighted by Crippen LogP contribution is 2.46. The number of rotatable bonds is 4. The number of hydrogen-bond acceptors (Lipinski definition) is 2. The number of thiophene rings is 1. The summed E-state index contributed by atoms with van der Waals surface area (Å²) in [4.78, 5) is 2.35. The van der Waals surface area contributed by atoms with E-state index in [0.717, 1.165) is 16.4 Å². The van der Waals surface area contributed by atoms with Crippen LogP contribution in [0.5, 0.6) is 0 Å². The maximum absolute atomic E-state index is 6.46. The van der Waals surface area contributed by atoms with Gasteiger partial charge in [0, 0.05) is 47.3 Å². The van der Waals surface area contributed by atoms with Crippen LogP contribution in [0.15, 0.2) is 158 Å². The van der Waals surface area contributed by atoms with Gasteiger partial charge in [-0.25, -0.2) is 0 Å². The lowest BCUT2D eigenvalue weighted by atomic mass is 9.96. The van der Waals surface area contributed by atoms with Gasteiger partial charge in [0.1, 0.15) is 0 Å². The Hall–Kier alpha value is -5.15. The second-order valence-electron chi connectivity index (χ2n) is 11.5. The van der Waals surface area contributed by atoms with E-state index in [9.17, 15) is 0 Å². The monoisotopic (exact) mass is 611 g/mol. The standard InChI is InChI=1S/C42H26ClNS/c43-30-20-24-36-38(26-30)34-14-6-7-15-35(34)41-37-23-19-29(25-40(37)45-42(36)41)27-17-21-32(22-18-27)44(31-11-2-1-3-12-31)39-16-8-10-28-9-4-5-13-33(28)39/h1-26H. The Morgan fingerprint density at radius 2 is 1.11 bits per heavy atom. The molecule has 9 aromatic rings. The molecule has 0 spiro atoms. The molecule has 0 amide bonds. The van der Waals surface area contributed by atoms with E-state index in [0.29, 0.717) is 0 Å². The molecule has 45 heavy (non-hydrogen) atoms. The zero-order valence-corrected chi connectivity index (χ0v) is 25.8. The van der Waals surface area contributed by atoms with E-state index < -0.39 is 0 Å². The van der Waals surface area contributed by atoms with Crippen LogP contribution in [0, 0.1) is 0 Å². The molecular weight excluding hydrogens is 586 g/mol. The Labute approximate surface area is 270 Å². The molecule has 0 radical (unpaired) electrons. The van der Waals surface area contributed by atoms with Crippen LogP contribution in [0.25, 0.3) is 63.6 Å². The van der Waals surface area contributed by atoms with E-state index in [-0.39, 0.29) is 0 Å². The van der Waals surface area contributed by atoms with Gasteiger partial charge in [-0.1, -0.05) is 121 Å². The van der Waals surface area contributed by atoms with Gasteiger partial charge in [-0.15, -0.1) is 11.3 Å².